The maximum absolute atomic E-state index is 13.1. The van der Waals surface area contributed by atoms with E-state index in [2.05, 4.69) is 10.6 Å². The number of halogens is 1. The highest BCUT2D eigenvalue weighted by Gasteiger charge is 2.15. The van der Waals surface area contributed by atoms with E-state index >= 15 is 0 Å². The van der Waals surface area contributed by atoms with E-state index in [0.717, 1.165) is 12.8 Å². The molecule has 0 saturated carbocycles. The van der Waals surface area contributed by atoms with E-state index in [0.29, 0.717) is 23.5 Å². The SMILES string of the molecule is COc1cccc(/C=C(/C#N)C(=O)NCCCc2ccccc2)c1OCC(=O)Nc1ccc(F)cc1. The molecule has 0 saturated heterocycles. The lowest BCUT2D eigenvalue weighted by atomic mass is 10.1. The van der Waals surface area contributed by atoms with Gasteiger partial charge >= 0.3 is 0 Å². The molecule has 0 aliphatic heterocycles. The Bertz CT molecular complexity index is 1250. The van der Waals surface area contributed by atoms with Crippen molar-refractivity contribution in [3.63, 3.8) is 0 Å². The van der Waals surface area contributed by atoms with Crippen molar-refractivity contribution in [1.82, 2.24) is 5.32 Å². The summed E-state index contributed by atoms with van der Waals surface area (Å²) in [5.74, 6) is -0.853. The zero-order valence-electron chi connectivity index (χ0n) is 19.8. The van der Waals surface area contributed by atoms with Crippen molar-refractivity contribution < 1.29 is 23.5 Å². The number of rotatable bonds is 11. The number of hydrogen-bond acceptors (Lipinski definition) is 5. The van der Waals surface area contributed by atoms with Crippen molar-refractivity contribution in [2.75, 3.05) is 25.6 Å². The molecule has 3 aromatic carbocycles. The number of nitriles is 1. The van der Waals surface area contributed by atoms with Crippen molar-refractivity contribution >= 4 is 23.6 Å². The molecule has 8 heteroatoms. The summed E-state index contributed by atoms with van der Waals surface area (Å²) in [5, 5.41) is 14.9. The van der Waals surface area contributed by atoms with Gasteiger partial charge < -0.3 is 20.1 Å². The monoisotopic (exact) mass is 487 g/mol. The number of para-hydroxylation sites is 1. The fourth-order valence-corrected chi connectivity index (χ4v) is 3.37. The second kappa shape index (κ2) is 13.3. The van der Waals surface area contributed by atoms with Crippen molar-refractivity contribution in [3.05, 3.63) is 95.3 Å². The third-order valence-electron chi connectivity index (χ3n) is 5.14. The van der Waals surface area contributed by atoms with Gasteiger partial charge in [0.15, 0.2) is 18.1 Å². The number of nitrogens with zero attached hydrogens (tertiary/aromatic N) is 1. The van der Waals surface area contributed by atoms with Crippen LogP contribution in [-0.4, -0.2) is 32.1 Å². The van der Waals surface area contributed by atoms with Crippen LogP contribution in [0.2, 0.25) is 0 Å². The molecule has 0 unspecified atom stereocenters. The molecule has 0 bridgehead atoms. The summed E-state index contributed by atoms with van der Waals surface area (Å²) >= 11 is 0. The van der Waals surface area contributed by atoms with Crippen molar-refractivity contribution in [2.24, 2.45) is 0 Å². The minimum atomic E-state index is -0.506. The maximum atomic E-state index is 13.1. The van der Waals surface area contributed by atoms with Crippen molar-refractivity contribution in [1.29, 1.82) is 5.26 Å². The number of benzene rings is 3. The minimum absolute atomic E-state index is 0.108. The molecule has 0 radical (unpaired) electrons. The first-order valence-corrected chi connectivity index (χ1v) is 11.3. The van der Waals surface area contributed by atoms with E-state index in [4.69, 9.17) is 9.47 Å². The fourth-order valence-electron chi connectivity index (χ4n) is 3.37. The highest BCUT2D eigenvalue weighted by molar-refractivity contribution is 6.02. The molecular weight excluding hydrogens is 461 g/mol. The Hall–Kier alpha value is -4.64. The Balaban J connectivity index is 1.65. The van der Waals surface area contributed by atoms with Crippen LogP contribution in [-0.2, 0) is 16.0 Å². The minimum Gasteiger partial charge on any atom is -0.493 e. The highest BCUT2D eigenvalue weighted by atomic mass is 19.1. The first-order chi connectivity index (χ1) is 17.5. The van der Waals surface area contributed by atoms with Gasteiger partial charge in [-0.3, -0.25) is 9.59 Å². The molecule has 0 aromatic heterocycles. The van der Waals surface area contributed by atoms with Gasteiger partial charge in [-0.15, -0.1) is 0 Å². The van der Waals surface area contributed by atoms with Crippen LogP contribution in [0.4, 0.5) is 10.1 Å². The number of methoxy groups -OCH3 is 1. The first-order valence-electron chi connectivity index (χ1n) is 11.3. The van der Waals surface area contributed by atoms with Gasteiger partial charge in [-0.1, -0.05) is 42.5 Å². The molecule has 2 amide bonds. The van der Waals surface area contributed by atoms with Gasteiger partial charge in [0.2, 0.25) is 0 Å². The number of anilines is 1. The topological polar surface area (TPSA) is 100 Å². The second-order valence-corrected chi connectivity index (χ2v) is 7.74. The van der Waals surface area contributed by atoms with Crippen LogP contribution in [0.5, 0.6) is 11.5 Å². The molecule has 7 nitrogen and oxygen atoms in total. The van der Waals surface area contributed by atoms with Crippen LogP contribution in [0.25, 0.3) is 6.08 Å². The Kier molecular flexibility index (Phi) is 9.60. The van der Waals surface area contributed by atoms with Crippen LogP contribution >= 0.6 is 0 Å². The second-order valence-electron chi connectivity index (χ2n) is 7.74. The molecule has 3 rings (SSSR count). The average molecular weight is 488 g/mol. The maximum Gasteiger partial charge on any atom is 0.262 e. The Morgan fingerprint density at radius 2 is 1.78 bits per heavy atom. The number of hydrogen-bond donors (Lipinski definition) is 2. The Morgan fingerprint density at radius 1 is 1.03 bits per heavy atom. The largest absolute Gasteiger partial charge is 0.493 e. The molecule has 0 atom stereocenters. The van der Waals surface area contributed by atoms with Crippen LogP contribution in [0.1, 0.15) is 17.5 Å². The molecule has 184 valence electrons. The fraction of sp³-hybridized carbons (Fsp3) is 0.179. The summed E-state index contributed by atoms with van der Waals surface area (Å²) in [7, 11) is 1.44. The summed E-state index contributed by atoms with van der Waals surface area (Å²) < 4.78 is 24.1. The van der Waals surface area contributed by atoms with Crippen molar-refractivity contribution in [2.45, 2.75) is 12.8 Å². The van der Waals surface area contributed by atoms with Gasteiger partial charge in [-0.2, -0.15) is 5.26 Å². The lowest BCUT2D eigenvalue weighted by molar-refractivity contribution is -0.118. The van der Waals surface area contributed by atoms with Crippen LogP contribution in [0, 0.1) is 17.1 Å². The third kappa shape index (κ3) is 7.71. The number of aryl methyl sites for hydroxylation is 1. The zero-order chi connectivity index (χ0) is 25.8. The zero-order valence-corrected chi connectivity index (χ0v) is 19.8. The Morgan fingerprint density at radius 3 is 2.47 bits per heavy atom. The molecule has 3 aromatic rings. The summed E-state index contributed by atoms with van der Waals surface area (Å²) in [6.45, 7) is 0.0456. The molecule has 36 heavy (non-hydrogen) atoms. The smallest absolute Gasteiger partial charge is 0.262 e. The number of carbonyl (C=O) groups excluding carboxylic acids is 2. The predicted molar refractivity (Wildman–Crippen MR) is 135 cm³/mol. The summed E-state index contributed by atoms with van der Waals surface area (Å²) in [5.41, 5.74) is 1.88. The Labute approximate surface area is 209 Å². The lowest BCUT2D eigenvalue weighted by Crippen LogP contribution is -2.26. The highest BCUT2D eigenvalue weighted by Crippen LogP contribution is 2.32. The first kappa shape index (κ1) is 26.0. The molecular formula is C28H26FN3O4. The molecule has 0 aliphatic rings. The number of ether oxygens (including phenoxy) is 2. The molecule has 0 aliphatic carbocycles. The van der Waals surface area contributed by atoms with E-state index in [9.17, 15) is 19.2 Å². The van der Waals surface area contributed by atoms with Crippen LogP contribution < -0.4 is 20.1 Å². The summed E-state index contributed by atoms with van der Waals surface area (Å²) in [6, 6.07) is 22.1. The van der Waals surface area contributed by atoms with Gasteiger partial charge in [0, 0.05) is 17.8 Å². The van der Waals surface area contributed by atoms with E-state index in [1.165, 1.54) is 43.0 Å². The van der Waals surface area contributed by atoms with Crippen LogP contribution in [0.3, 0.4) is 0 Å². The van der Waals surface area contributed by atoms with Crippen molar-refractivity contribution in [3.8, 4) is 17.6 Å². The average Bonchev–Trinajstić information content (AvgIpc) is 2.90. The van der Waals surface area contributed by atoms with E-state index in [-0.39, 0.29) is 17.9 Å². The van der Waals surface area contributed by atoms with E-state index in [1.807, 2.05) is 36.4 Å². The normalized spacial score (nSPS) is 10.8. The predicted octanol–water partition coefficient (Wildman–Crippen LogP) is 4.51. The van der Waals surface area contributed by atoms with Gasteiger partial charge in [-0.05, 0) is 54.8 Å². The van der Waals surface area contributed by atoms with Gasteiger partial charge in [0.05, 0.1) is 7.11 Å². The molecule has 0 spiro atoms. The number of carbonyl (C=O) groups is 2. The molecule has 0 fully saturated rings. The number of amides is 2. The standard InChI is InChI=1S/C28H26FN3O4/c1-35-25-11-5-10-21(27(25)36-19-26(33)32-24-14-12-23(29)13-15-24)17-22(18-30)28(34)31-16-6-9-20-7-3-2-4-8-20/h2-5,7-8,10-15,17H,6,9,16,19H2,1H3,(H,31,34)(H,32,33)/b22-17-. The third-order valence-corrected chi connectivity index (χ3v) is 5.14. The number of nitrogens with one attached hydrogen (secondary N) is 2. The van der Waals surface area contributed by atoms with Gasteiger partial charge in [-0.25, -0.2) is 4.39 Å². The molecule has 0 heterocycles. The quantitative estimate of drug-likeness (QED) is 0.236. The van der Waals surface area contributed by atoms with Crippen LogP contribution in [0.15, 0.2) is 78.4 Å². The summed E-state index contributed by atoms with van der Waals surface area (Å²) in [6.07, 6.45) is 2.92. The van der Waals surface area contributed by atoms with Gasteiger partial charge in [0.1, 0.15) is 17.5 Å². The van der Waals surface area contributed by atoms with E-state index in [1.54, 1.807) is 18.2 Å². The molecule has 2 N–H and O–H groups in total. The summed E-state index contributed by atoms with van der Waals surface area (Å²) in [4.78, 5) is 24.9. The van der Waals surface area contributed by atoms with E-state index < -0.39 is 17.6 Å². The lowest BCUT2D eigenvalue weighted by Gasteiger charge is -2.14. The van der Waals surface area contributed by atoms with Gasteiger partial charge in [0.25, 0.3) is 11.8 Å².